The van der Waals surface area contributed by atoms with Crippen molar-refractivity contribution in [2.75, 3.05) is 5.32 Å². The normalized spacial score (nSPS) is 10.3. The Hall–Kier alpha value is -3.03. The SMILES string of the molecule is O=C(Nc1cn[nH]c1)c1ccc(-n2cncn2)nc1. The van der Waals surface area contributed by atoms with Gasteiger partial charge in [0.15, 0.2) is 5.82 Å². The predicted molar refractivity (Wildman–Crippen MR) is 65.7 cm³/mol. The molecule has 0 atom stereocenters. The molecule has 3 rings (SSSR count). The highest BCUT2D eigenvalue weighted by molar-refractivity contribution is 6.03. The van der Waals surface area contributed by atoms with Crippen LogP contribution in [-0.4, -0.2) is 35.9 Å². The van der Waals surface area contributed by atoms with E-state index >= 15 is 0 Å². The van der Waals surface area contributed by atoms with Crippen LogP contribution in [0.3, 0.4) is 0 Å². The summed E-state index contributed by atoms with van der Waals surface area (Å²) in [6.07, 6.45) is 7.55. The third-order valence-electron chi connectivity index (χ3n) is 2.42. The molecule has 19 heavy (non-hydrogen) atoms. The number of hydrogen-bond donors (Lipinski definition) is 2. The van der Waals surface area contributed by atoms with Crippen LogP contribution in [0, 0.1) is 0 Å². The molecular weight excluding hydrogens is 246 g/mol. The van der Waals surface area contributed by atoms with Gasteiger partial charge in [0, 0.05) is 12.4 Å². The van der Waals surface area contributed by atoms with Gasteiger partial charge in [0.2, 0.25) is 0 Å². The molecule has 94 valence electrons. The zero-order valence-corrected chi connectivity index (χ0v) is 9.69. The van der Waals surface area contributed by atoms with Crippen molar-refractivity contribution in [2.45, 2.75) is 0 Å². The minimum atomic E-state index is -0.251. The number of carbonyl (C=O) groups is 1. The van der Waals surface area contributed by atoms with Crippen molar-refractivity contribution in [3.05, 3.63) is 48.9 Å². The average Bonchev–Trinajstić information content (AvgIpc) is 3.12. The molecule has 0 saturated carbocycles. The number of hydrogen-bond acceptors (Lipinski definition) is 5. The fourth-order valence-corrected chi connectivity index (χ4v) is 1.50. The van der Waals surface area contributed by atoms with Gasteiger partial charge < -0.3 is 5.32 Å². The standard InChI is InChI=1S/C11H9N7O/c19-11(17-9-4-14-15-5-9)8-1-2-10(13-3-8)18-7-12-6-16-18/h1-7H,(H,14,15)(H,17,19). The number of H-pyrrole nitrogens is 1. The molecule has 3 aromatic heterocycles. The van der Waals surface area contributed by atoms with Crippen molar-refractivity contribution in [1.82, 2.24) is 29.9 Å². The van der Waals surface area contributed by atoms with E-state index in [1.54, 1.807) is 18.3 Å². The second-order valence-electron chi connectivity index (χ2n) is 3.69. The van der Waals surface area contributed by atoms with Crippen molar-refractivity contribution in [3.63, 3.8) is 0 Å². The van der Waals surface area contributed by atoms with Crippen LogP contribution in [0.5, 0.6) is 0 Å². The number of carbonyl (C=O) groups excluding carboxylic acids is 1. The molecule has 3 heterocycles. The van der Waals surface area contributed by atoms with Crippen LogP contribution in [0.1, 0.15) is 10.4 Å². The summed E-state index contributed by atoms with van der Waals surface area (Å²) < 4.78 is 1.51. The van der Waals surface area contributed by atoms with Gasteiger partial charge in [0.05, 0.1) is 17.4 Å². The van der Waals surface area contributed by atoms with Gasteiger partial charge in [-0.2, -0.15) is 10.2 Å². The highest BCUT2D eigenvalue weighted by atomic mass is 16.1. The highest BCUT2D eigenvalue weighted by Gasteiger charge is 2.07. The first-order valence-corrected chi connectivity index (χ1v) is 5.44. The maximum Gasteiger partial charge on any atom is 0.257 e. The first-order valence-electron chi connectivity index (χ1n) is 5.44. The summed E-state index contributed by atoms with van der Waals surface area (Å²) >= 11 is 0. The van der Waals surface area contributed by atoms with Crippen LogP contribution >= 0.6 is 0 Å². The quantitative estimate of drug-likeness (QED) is 0.715. The Kier molecular flexibility index (Phi) is 2.73. The molecule has 8 nitrogen and oxygen atoms in total. The molecule has 0 aliphatic carbocycles. The van der Waals surface area contributed by atoms with Gasteiger partial charge in [-0.15, -0.1) is 0 Å². The summed E-state index contributed by atoms with van der Waals surface area (Å²) in [6, 6.07) is 3.36. The maximum atomic E-state index is 11.9. The van der Waals surface area contributed by atoms with E-state index in [4.69, 9.17) is 0 Å². The van der Waals surface area contributed by atoms with E-state index in [1.165, 1.54) is 29.7 Å². The zero-order valence-electron chi connectivity index (χ0n) is 9.69. The van der Waals surface area contributed by atoms with E-state index in [1.807, 2.05) is 0 Å². The van der Waals surface area contributed by atoms with E-state index < -0.39 is 0 Å². The summed E-state index contributed by atoms with van der Waals surface area (Å²) in [4.78, 5) is 19.9. The lowest BCUT2D eigenvalue weighted by molar-refractivity contribution is 0.102. The van der Waals surface area contributed by atoms with E-state index in [2.05, 4.69) is 30.6 Å². The van der Waals surface area contributed by atoms with Crippen molar-refractivity contribution in [3.8, 4) is 5.82 Å². The number of amides is 1. The molecule has 0 bridgehead atoms. The van der Waals surface area contributed by atoms with Crippen LogP contribution in [0.25, 0.3) is 5.82 Å². The lowest BCUT2D eigenvalue weighted by Crippen LogP contribution is -2.12. The van der Waals surface area contributed by atoms with Crippen molar-refractivity contribution in [2.24, 2.45) is 0 Å². The minimum Gasteiger partial charge on any atom is -0.319 e. The fourth-order valence-electron chi connectivity index (χ4n) is 1.50. The molecule has 0 fully saturated rings. The van der Waals surface area contributed by atoms with Gasteiger partial charge in [-0.3, -0.25) is 9.89 Å². The van der Waals surface area contributed by atoms with E-state index in [-0.39, 0.29) is 5.91 Å². The molecule has 3 aromatic rings. The van der Waals surface area contributed by atoms with Gasteiger partial charge in [-0.25, -0.2) is 14.6 Å². The Morgan fingerprint density at radius 2 is 2.26 bits per heavy atom. The number of rotatable bonds is 3. The molecule has 8 heteroatoms. The lowest BCUT2D eigenvalue weighted by atomic mass is 10.2. The molecule has 2 N–H and O–H groups in total. The summed E-state index contributed by atoms with van der Waals surface area (Å²) in [5.41, 5.74) is 1.05. The van der Waals surface area contributed by atoms with E-state index in [9.17, 15) is 4.79 Å². The van der Waals surface area contributed by atoms with Crippen LogP contribution in [-0.2, 0) is 0 Å². The van der Waals surface area contributed by atoms with E-state index in [0.717, 1.165) is 0 Å². The Labute approximate surface area is 107 Å². The minimum absolute atomic E-state index is 0.251. The predicted octanol–water partition coefficient (Wildman–Crippen LogP) is 0.638. The van der Waals surface area contributed by atoms with Crippen LogP contribution in [0.2, 0.25) is 0 Å². The highest BCUT2D eigenvalue weighted by Crippen LogP contribution is 2.07. The summed E-state index contributed by atoms with van der Waals surface area (Å²) in [5.74, 6) is 0.344. The topological polar surface area (TPSA) is 101 Å². The molecule has 0 aromatic carbocycles. The number of nitrogens with one attached hydrogen (secondary N) is 2. The molecule has 0 radical (unpaired) electrons. The Morgan fingerprint density at radius 3 is 2.89 bits per heavy atom. The first-order chi connectivity index (χ1) is 9.33. The molecule has 0 aliphatic heterocycles. The summed E-state index contributed by atoms with van der Waals surface area (Å²) in [5, 5.41) is 13.0. The Morgan fingerprint density at radius 1 is 1.32 bits per heavy atom. The van der Waals surface area contributed by atoms with Crippen molar-refractivity contribution >= 4 is 11.6 Å². The number of nitrogens with zero attached hydrogens (tertiary/aromatic N) is 5. The number of aromatic nitrogens is 6. The molecule has 1 amide bonds. The molecule has 0 unspecified atom stereocenters. The number of anilines is 1. The Bertz CT molecular complexity index is 658. The smallest absolute Gasteiger partial charge is 0.257 e. The third kappa shape index (κ3) is 2.32. The van der Waals surface area contributed by atoms with Crippen LogP contribution in [0.4, 0.5) is 5.69 Å². The van der Waals surface area contributed by atoms with Gasteiger partial charge in [-0.1, -0.05) is 0 Å². The zero-order chi connectivity index (χ0) is 13.1. The maximum absolute atomic E-state index is 11.9. The Balaban J connectivity index is 1.77. The number of pyridine rings is 1. The largest absolute Gasteiger partial charge is 0.319 e. The number of aromatic amines is 1. The molecule has 0 saturated heterocycles. The summed E-state index contributed by atoms with van der Waals surface area (Å²) in [7, 11) is 0. The van der Waals surface area contributed by atoms with Crippen LogP contribution in [0.15, 0.2) is 43.4 Å². The van der Waals surface area contributed by atoms with E-state index in [0.29, 0.717) is 17.1 Å². The van der Waals surface area contributed by atoms with Crippen molar-refractivity contribution in [1.29, 1.82) is 0 Å². The van der Waals surface area contributed by atoms with Gasteiger partial charge in [-0.05, 0) is 12.1 Å². The second-order valence-corrected chi connectivity index (χ2v) is 3.69. The van der Waals surface area contributed by atoms with Gasteiger partial charge >= 0.3 is 0 Å². The monoisotopic (exact) mass is 255 g/mol. The van der Waals surface area contributed by atoms with Crippen LogP contribution < -0.4 is 5.32 Å². The third-order valence-corrected chi connectivity index (χ3v) is 2.42. The lowest BCUT2D eigenvalue weighted by Gasteiger charge is -2.03. The fraction of sp³-hybridized carbons (Fsp3) is 0. The van der Waals surface area contributed by atoms with Gasteiger partial charge in [0.1, 0.15) is 12.7 Å². The first kappa shape index (κ1) is 11.1. The second kappa shape index (κ2) is 4.69. The van der Waals surface area contributed by atoms with Gasteiger partial charge in [0.25, 0.3) is 5.91 Å². The molecular formula is C11H9N7O. The molecule has 0 spiro atoms. The van der Waals surface area contributed by atoms with Crippen molar-refractivity contribution < 1.29 is 4.79 Å². The molecule has 0 aliphatic rings. The average molecular weight is 255 g/mol. The summed E-state index contributed by atoms with van der Waals surface area (Å²) in [6.45, 7) is 0.